The van der Waals surface area contributed by atoms with E-state index in [0.717, 1.165) is 32.4 Å². The summed E-state index contributed by atoms with van der Waals surface area (Å²) in [6.07, 6.45) is 3.44. The van der Waals surface area contributed by atoms with Crippen LogP contribution >= 0.6 is 0 Å². The van der Waals surface area contributed by atoms with Crippen LogP contribution in [0, 0.1) is 11.8 Å². The molecule has 0 bridgehead atoms. The molecule has 0 unspecified atom stereocenters. The van der Waals surface area contributed by atoms with E-state index >= 15 is 0 Å². The minimum atomic E-state index is 0.0303. The normalized spacial score (nSPS) is 35.5. The second kappa shape index (κ2) is 5.12. The van der Waals surface area contributed by atoms with Crippen LogP contribution in [-0.2, 0) is 9.59 Å². The molecule has 2 saturated heterocycles. The molecule has 0 aromatic carbocycles. The second-order valence-corrected chi connectivity index (χ2v) is 6.26. The van der Waals surface area contributed by atoms with Crippen LogP contribution in [0.5, 0.6) is 0 Å². The molecule has 5 heteroatoms. The van der Waals surface area contributed by atoms with Gasteiger partial charge in [-0.25, -0.2) is 0 Å². The summed E-state index contributed by atoms with van der Waals surface area (Å²) in [4.78, 5) is 26.1. The summed E-state index contributed by atoms with van der Waals surface area (Å²) in [5, 5.41) is 6.34. The molecule has 3 aliphatic rings. The lowest BCUT2D eigenvalue weighted by atomic mass is 9.97. The number of carbonyl (C=O) groups is 2. The van der Waals surface area contributed by atoms with Crippen molar-refractivity contribution in [3.63, 3.8) is 0 Å². The first-order valence-electron chi connectivity index (χ1n) is 7.45. The Hall–Kier alpha value is -1.10. The topological polar surface area (TPSA) is 61.4 Å². The molecule has 1 aliphatic carbocycles. The average Bonchev–Trinajstić information content (AvgIpc) is 3.02. The van der Waals surface area contributed by atoms with Gasteiger partial charge in [-0.15, -0.1) is 0 Å². The molecule has 0 spiro atoms. The fraction of sp³-hybridized carbons (Fsp3) is 0.857. The Balaban J connectivity index is 1.50. The van der Waals surface area contributed by atoms with Crippen LogP contribution < -0.4 is 10.6 Å². The third kappa shape index (κ3) is 2.76. The van der Waals surface area contributed by atoms with E-state index in [-0.39, 0.29) is 23.8 Å². The van der Waals surface area contributed by atoms with Crippen LogP contribution in [-0.4, -0.2) is 48.4 Å². The quantitative estimate of drug-likeness (QED) is 0.761. The zero-order chi connectivity index (χ0) is 13.4. The fourth-order valence-corrected chi connectivity index (χ4v) is 3.29. The summed E-state index contributed by atoms with van der Waals surface area (Å²) >= 11 is 0. The van der Waals surface area contributed by atoms with Crippen molar-refractivity contribution in [2.75, 3.05) is 19.6 Å². The maximum Gasteiger partial charge on any atom is 0.225 e. The van der Waals surface area contributed by atoms with Crippen molar-refractivity contribution in [3.8, 4) is 0 Å². The van der Waals surface area contributed by atoms with Gasteiger partial charge in [-0.2, -0.15) is 0 Å². The van der Waals surface area contributed by atoms with Crippen molar-refractivity contribution < 1.29 is 9.59 Å². The zero-order valence-corrected chi connectivity index (χ0v) is 11.5. The van der Waals surface area contributed by atoms with Crippen molar-refractivity contribution in [2.45, 2.75) is 44.7 Å². The number of piperidine rings is 1. The van der Waals surface area contributed by atoms with E-state index in [2.05, 4.69) is 17.6 Å². The lowest BCUT2D eigenvalue weighted by Gasteiger charge is -2.23. The Bertz CT molecular complexity index is 379. The SMILES string of the molecule is C[C@@H]1C[C@H]1N1C[C@@H](NC(=O)C2CCNCC2)CC1=O. The molecule has 3 atom stereocenters. The number of rotatable bonds is 3. The Morgan fingerprint density at radius 1 is 1.37 bits per heavy atom. The highest BCUT2D eigenvalue weighted by molar-refractivity contribution is 5.83. The van der Waals surface area contributed by atoms with Crippen molar-refractivity contribution in [1.82, 2.24) is 15.5 Å². The summed E-state index contributed by atoms with van der Waals surface area (Å²) in [6, 6.07) is 0.468. The minimum absolute atomic E-state index is 0.0303. The molecule has 2 heterocycles. The van der Waals surface area contributed by atoms with Crippen molar-refractivity contribution in [1.29, 1.82) is 0 Å². The monoisotopic (exact) mass is 265 g/mol. The molecular weight excluding hydrogens is 242 g/mol. The predicted octanol–water partition coefficient (Wildman–Crippen LogP) is 0.112. The predicted molar refractivity (Wildman–Crippen MR) is 71.4 cm³/mol. The zero-order valence-electron chi connectivity index (χ0n) is 11.5. The Morgan fingerprint density at radius 3 is 2.68 bits per heavy atom. The Kier molecular flexibility index (Phi) is 3.48. The molecule has 19 heavy (non-hydrogen) atoms. The van der Waals surface area contributed by atoms with Crippen molar-refractivity contribution >= 4 is 11.8 Å². The summed E-state index contributed by atoms with van der Waals surface area (Å²) in [7, 11) is 0. The van der Waals surface area contributed by atoms with E-state index < -0.39 is 0 Å². The molecule has 0 radical (unpaired) electrons. The van der Waals surface area contributed by atoms with Gasteiger partial charge in [0, 0.05) is 24.9 Å². The van der Waals surface area contributed by atoms with Gasteiger partial charge in [0.25, 0.3) is 0 Å². The molecule has 106 valence electrons. The van der Waals surface area contributed by atoms with E-state index in [1.54, 1.807) is 0 Å². The van der Waals surface area contributed by atoms with E-state index in [0.29, 0.717) is 24.9 Å². The number of hydrogen-bond acceptors (Lipinski definition) is 3. The third-order valence-corrected chi connectivity index (χ3v) is 4.68. The van der Waals surface area contributed by atoms with Gasteiger partial charge in [0.1, 0.15) is 0 Å². The van der Waals surface area contributed by atoms with Crippen LogP contribution in [0.2, 0.25) is 0 Å². The summed E-state index contributed by atoms with van der Waals surface area (Å²) in [5.74, 6) is 1.13. The molecule has 2 aliphatic heterocycles. The number of amides is 2. The molecule has 3 rings (SSSR count). The minimum Gasteiger partial charge on any atom is -0.351 e. The number of hydrogen-bond donors (Lipinski definition) is 2. The van der Waals surface area contributed by atoms with E-state index in [1.807, 2.05) is 4.90 Å². The Labute approximate surface area is 114 Å². The van der Waals surface area contributed by atoms with Gasteiger partial charge in [0.15, 0.2) is 0 Å². The third-order valence-electron chi connectivity index (χ3n) is 4.68. The van der Waals surface area contributed by atoms with Crippen molar-refractivity contribution in [2.24, 2.45) is 11.8 Å². The van der Waals surface area contributed by atoms with Crippen LogP contribution in [0.1, 0.15) is 32.6 Å². The molecule has 0 aromatic heterocycles. The lowest BCUT2D eigenvalue weighted by Crippen LogP contribution is -2.43. The van der Waals surface area contributed by atoms with Crippen LogP contribution in [0.15, 0.2) is 0 Å². The van der Waals surface area contributed by atoms with Crippen LogP contribution in [0.25, 0.3) is 0 Å². The Morgan fingerprint density at radius 2 is 2.05 bits per heavy atom. The molecule has 0 aromatic rings. The summed E-state index contributed by atoms with van der Waals surface area (Å²) < 4.78 is 0. The molecule has 5 nitrogen and oxygen atoms in total. The molecule has 3 fully saturated rings. The average molecular weight is 265 g/mol. The number of likely N-dealkylation sites (tertiary alicyclic amines) is 1. The molecule has 2 amide bonds. The first kappa shape index (κ1) is 12.9. The highest BCUT2D eigenvalue weighted by atomic mass is 16.2. The first-order valence-corrected chi connectivity index (χ1v) is 7.45. The van der Waals surface area contributed by atoms with E-state index in [4.69, 9.17) is 0 Å². The standard InChI is InChI=1S/C14H23N3O2/c1-9-6-12(9)17-8-11(7-13(17)18)16-14(19)10-2-4-15-5-3-10/h9-12,15H,2-8H2,1H3,(H,16,19)/t9-,11+,12-/m1/s1. The van der Waals surface area contributed by atoms with Gasteiger partial charge in [0.2, 0.25) is 11.8 Å². The summed E-state index contributed by atoms with van der Waals surface area (Å²) in [5.41, 5.74) is 0. The smallest absolute Gasteiger partial charge is 0.225 e. The molecular formula is C14H23N3O2. The van der Waals surface area contributed by atoms with Gasteiger partial charge in [-0.05, 0) is 38.3 Å². The van der Waals surface area contributed by atoms with Gasteiger partial charge < -0.3 is 15.5 Å². The molecule has 2 N–H and O–H groups in total. The summed E-state index contributed by atoms with van der Waals surface area (Å²) in [6.45, 7) is 4.74. The molecule has 1 saturated carbocycles. The van der Waals surface area contributed by atoms with Gasteiger partial charge in [0.05, 0.1) is 6.04 Å². The van der Waals surface area contributed by atoms with Gasteiger partial charge in [-0.1, -0.05) is 6.92 Å². The fourth-order valence-electron chi connectivity index (χ4n) is 3.29. The van der Waals surface area contributed by atoms with E-state index in [9.17, 15) is 9.59 Å². The maximum absolute atomic E-state index is 12.1. The highest BCUT2D eigenvalue weighted by Gasteiger charge is 2.45. The van der Waals surface area contributed by atoms with Crippen LogP contribution in [0.4, 0.5) is 0 Å². The maximum atomic E-state index is 12.1. The first-order chi connectivity index (χ1) is 9.15. The van der Waals surface area contributed by atoms with Gasteiger partial charge >= 0.3 is 0 Å². The lowest BCUT2D eigenvalue weighted by molar-refractivity contribution is -0.128. The number of carbonyl (C=O) groups excluding carboxylic acids is 2. The number of nitrogens with one attached hydrogen (secondary N) is 2. The largest absolute Gasteiger partial charge is 0.351 e. The second-order valence-electron chi connectivity index (χ2n) is 6.26. The highest BCUT2D eigenvalue weighted by Crippen LogP contribution is 2.37. The van der Waals surface area contributed by atoms with Crippen molar-refractivity contribution in [3.05, 3.63) is 0 Å². The van der Waals surface area contributed by atoms with Gasteiger partial charge in [-0.3, -0.25) is 9.59 Å². The van der Waals surface area contributed by atoms with Crippen LogP contribution in [0.3, 0.4) is 0 Å². The number of nitrogens with zero attached hydrogens (tertiary/aromatic N) is 1. The van der Waals surface area contributed by atoms with E-state index in [1.165, 1.54) is 0 Å².